The number of ether oxygens (including phenoxy) is 2. The predicted octanol–water partition coefficient (Wildman–Crippen LogP) is 5.46. The molecule has 0 bridgehead atoms. The van der Waals surface area contributed by atoms with Crippen LogP contribution < -0.4 is 9.47 Å². The fourth-order valence-electron chi connectivity index (χ4n) is 2.45. The van der Waals surface area contributed by atoms with Gasteiger partial charge in [-0.15, -0.1) is 0 Å². The lowest BCUT2D eigenvalue weighted by Gasteiger charge is -2.19. The fraction of sp³-hybridized carbons (Fsp3) is 0.294. The first-order valence-electron chi connectivity index (χ1n) is 6.61. The molecule has 2 nitrogen and oxygen atoms in total. The summed E-state index contributed by atoms with van der Waals surface area (Å²) in [5, 5.41) is 0.650. The van der Waals surface area contributed by atoms with Crippen molar-refractivity contribution in [3.8, 4) is 11.5 Å². The fourth-order valence-corrected chi connectivity index (χ4v) is 3.94. The molecule has 21 heavy (non-hydrogen) atoms. The molecule has 0 spiro atoms. The molecule has 0 fully saturated rings. The second-order valence-corrected chi connectivity index (χ2v) is 6.22. The third-order valence-corrected chi connectivity index (χ3v) is 4.85. The van der Waals surface area contributed by atoms with Gasteiger partial charge in [0.25, 0.3) is 0 Å². The van der Waals surface area contributed by atoms with E-state index in [2.05, 4.69) is 48.0 Å². The second-order valence-electron chi connectivity index (χ2n) is 4.90. The van der Waals surface area contributed by atoms with Crippen molar-refractivity contribution in [1.82, 2.24) is 0 Å². The minimum Gasteiger partial charge on any atom is -0.493 e. The summed E-state index contributed by atoms with van der Waals surface area (Å²) in [6.45, 7) is 4.20. The zero-order valence-electron chi connectivity index (χ0n) is 12.5. The number of alkyl halides is 1. The monoisotopic (exact) mass is 368 g/mol. The summed E-state index contributed by atoms with van der Waals surface area (Å²) < 4.78 is 10.7. The number of halogens is 2. The molecule has 0 saturated heterocycles. The highest BCUT2D eigenvalue weighted by Gasteiger charge is 2.20. The molecule has 1 atom stereocenters. The van der Waals surface area contributed by atoms with Crippen LogP contribution in [-0.2, 0) is 0 Å². The second kappa shape index (κ2) is 6.71. The summed E-state index contributed by atoms with van der Waals surface area (Å²) in [4.78, 5) is 0.00556. The smallest absolute Gasteiger partial charge is 0.162 e. The minimum absolute atomic E-state index is 0.00556. The van der Waals surface area contributed by atoms with Gasteiger partial charge in [0.05, 0.1) is 19.0 Å². The Kier molecular flexibility index (Phi) is 5.17. The molecule has 2 aromatic carbocycles. The Morgan fingerprint density at radius 1 is 1.00 bits per heavy atom. The Balaban J connectivity index is 2.56. The first-order valence-corrected chi connectivity index (χ1v) is 7.90. The van der Waals surface area contributed by atoms with E-state index in [9.17, 15) is 0 Å². The van der Waals surface area contributed by atoms with Crippen LogP contribution in [-0.4, -0.2) is 14.2 Å². The number of benzene rings is 2. The van der Waals surface area contributed by atoms with Gasteiger partial charge in [-0.2, -0.15) is 0 Å². The molecule has 1 unspecified atom stereocenters. The molecule has 0 aliphatic rings. The van der Waals surface area contributed by atoms with E-state index in [0.29, 0.717) is 16.5 Å². The molecule has 2 aromatic rings. The van der Waals surface area contributed by atoms with Crippen molar-refractivity contribution < 1.29 is 9.47 Å². The molecule has 0 aliphatic heterocycles. The van der Waals surface area contributed by atoms with Crippen LogP contribution in [0.25, 0.3) is 0 Å². The summed E-state index contributed by atoms with van der Waals surface area (Å²) in [5.41, 5.74) is 4.64. The molecular formula is C17H18BrClO2. The molecule has 0 aliphatic carbocycles. The van der Waals surface area contributed by atoms with E-state index in [4.69, 9.17) is 21.1 Å². The topological polar surface area (TPSA) is 18.5 Å². The first kappa shape index (κ1) is 16.2. The van der Waals surface area contributed by atoms with Crippen LogP contribution in [0.15, 0.2) is 30.3 Å². The molecule has 112 valence electrons. The quantitative estimate of drug-likeness (QED) is 0.666. The lowest BCUT2D eigenvalue weighted by molar-refractivity contribution is 0.354. The molecule has 0 amide bonds. The van der Waals surface area contributed by atoms with Gasteiger partial charge in [0, 0.05) is 11.1 Å². The molecule has 0 radical (unpaired) electrons. The van der Waals surface area contributed by atoms with Crippen LogP contribution in [0.1, 0.15) is 27.1 Å². The molecule has 0 heterocycles. The summed E-state index contributed by atoms with van der Waals surface area (Å²) in [7, 11) is 3.22. The number of hydrogen-bond donors (Lipinski definition) is 0. The molecule has 2 rings (SSSR count). The van der Waals surface area contributed by atoms with Crippen molar-refractivity contribution in [2.75, 3.05) is 14.2 Å². The standard InChI is InChI=1S/C17H18BrClO2/c1-10-6-5-7-11(2)16(10)17(18)12-8-14(20-3)15(21-4)9-13(12)19/h5-9,17H,1-4H3. The maximum absolute atomic E-state index is 6.42. The Labute approximate surface area is 139 Å². The summed E-state index contributed by atoms with van der Waals surface area (Å²) >= 11 is 10.2. The van der Waals surface area contributed by atoms with Crippen molar-refractivity contribution in [3.63, 3.8) is 0 Å². The van der Waals surface area contributed by atoms with Gasteiger partial charge < -0.3 is 9.47 Å². The molecule has 0 aromatic heterocycles. The van der Waals surface area contributed by atoms with E-state index in [0.717, 1.165) is 5.56 Å². The van der Waals surface area contributed by atoms with Crippen molar-refractivity contribution in [3.05, 3.63) is 57.6 Å². The first-order chi connectivity index (χ1) is 9.99. The van der Waals surface area contributed by atoms with Gasteiger partial charge in [0.1, 0.15) is 0 Å². The lowest BCUT2D eigenvalue weighted by Crippen LogP contribution is -2.01. The SMILES string of the molecule is COc1cc(Cl)c(C(Br)c2c(C)cccc2C)cc1OC. The highest BCUT2D eigenvalue weighted by molar-refractivity contribution is 9.09. The average Bonchev–Trinajstić information content (AvgIpc) is 2.46. The normalized spacial score (nSPS) is 12.1. The van der Waals surface area contributed by atoms with Crippen LogP contribution in [0.2, 0.25) is 5.02 Å². The largest absolute Gasteiger partial charge is 0.493 e. The summed E-state index contributed by atoms with van der Waals surface area (Å²) in [6.07, 6.45) is 0. The van der Waals surface area contributed by atoms with Gasteiger partial charge in [-0.05, 0) is 42.2 Å². The predicted molar refractivity (Wildman–Crippen MR) is 91.2 cm³/mol. The number of methoxy groups -OCH3 is 2. The average molecular weight is 370 g/mol. The third kappa shape index (κ3) is 3.19. The van der Waals surface area contributed by atoms with Crippen molar-refractivity contribution in [1.29, 1.82) is 0 Å². The van der Waals surface area contributed by atoms with Crippen LogP contribution >= 0.6 is 27.5 Å². The van der Waals surface area contributed by atoms with E-state index in [1.165, 1.54) is 16.7 Å². The van der Waals surface area contributed by atoms with E-state index in [1.807, 2.05) is 6.07 Å². The number of aryl methyl sites for hydroxylation is 2. The van der Waals surface area contributed by atoms with Gasteiger partial charge in [-0.3, -0.25) is 0 Å². The molecular weight excluding hydrogens is 352 g/mol. The van der Waals surface area contributed by atoms with E-state index >= 15 is 0 Å². The molecule has 0 N–H and O–H groups in total. The van der Waals surface area contributed by atoms with E-state index < -0.39 is 0 Å². The Morgan fingerprint density at radius 2 is 1.52 bits per heavy atom. The summed E-state index contributed by atoms with van der Waals surface area (Å²) in [6, 6.07) is 9.98. The van der Waals surface area contributed by atoms with Gasteiger partial charge in [0.2, 0.25) is 0 Å². The van der Waals surface area contributed by atoms with Crippen LogP contribution in [0, 0.1) is 13.8 Å². The van der Waals surface area contributed by atoms with Crippen LogP contribution in [0.5, 0.6) is 11.5 Å². The van der Waals surface area contributed by atoms with E-state index in [-0.39, 0.29) is 4.83 Å². The molecule has 4 heteroatoms. The van der Waals surface area contributed by atoms with Gasteiger partial charge in [0.15, 0.2) is 11.5 Å². The van der Waals surface area contributed by atoms with Gasteiger partial charge >= 0.3 is 0 Å². The molecule has 0 saturated carbocycles. The van der Waals surface area contributed by atoms with Crippen molar-refractivity contribution >= 4 is 27.5 Å². The highest BCUT2D eigenvalue weighted by Crippen LogP contribution is 2.42. The van der Waals surface area contributed by atoms with Gasteiger partial charge in [-0.25, -0.2) is 0 Å². The number of hydrogen-bond acceptors (Lipinski definition) is 2. The Hall–Kier alpha value is -1.19. The third-order valence-electron chi connectivity index (χ3n) is 3.57. The number of rotatable bonds is 4. The van der Waals surface area contributed by atoms with Crippen LogP contribution in [0.3, 0.4) is 0 Å². The van der Waals surface area contributed by atoms with Crippen molar-refractivity contribution in [2.24, 2.45) is 0 Å². The highest BCUT2D eigenvalue weighted by atomic mass is 79.9. The van der Waals surface area contributed by atoms with Gasteiger partial charge in [-0.1, -0.05) is 45.7 Å². The zero-order chi connectivity index (χ0) is 15.6. The maximum Gasteiger partial charge on any atom is 0.162 e. The van der Waals surface area contributed by atoms with Crippen molar-refractivity contribution in [2.45, 2.75) is 18.7 Å². The minimum atomic E-state index is 0.00556. The summed E-state index contributed by atoms with van der Waals surface area (Å²) in [5.74, 6) is 1.31. The zero-order valence-corrected chi connectivity index (χ0v) is 14.9. The van der Waals surface area contributed by atoms with E-state index in [1.54, 1.807) is 20.3 Å². The Morgan fingerprint density at radius 3 is 2.05 bits per heavy atom. The lowest BCUT2D eigenvalue weighted by atomic mass is 9.96. The van der Waals surface area contributed by atoms with Crippen LogP contribution in [0.4, 0.5) is 0 Å². The maximum atomic E-state index is 6.42. The Bertz CT molecular complexity index is 635.